The van der Waals surface area contributed by atoms with Crippen molar-refractivity contribution in [3.05, 3.63) is 93.5 Å². The molecule has 0 atom stereocenters. The van der Waals surface area contributed by atoms with Crippen LogP contribution in [0.1, 0.15) is 16.7 Å². The van der Waals surface area contributed by atoms with Crippen molar-refractivity contribution in [2.45, 2.75) is 19.7 Å². The highest BCUT2D eigenvalue weighted by molar-refractivity contribution is 6.42. The monoisotopic (exact) mass is 401 g/mol. The van der Waals surface area contributed by atoms with E-state index in [0.29, 0.717) is 29.7 Å². The maximum Gasteiger partial charge on any atom is 0.124 e. The molecular formula is C22H21Cl2NO2. The molecule has 5 heteroatoms. The zero-order valence-corrected chi connectivity index (χ0v) is 16.6. The Labute approximate surface area is 169 Å². The minimum absolute atomic E-state index is 0.431. The molecule has 140 valence electrons. The van der Waals surface area contributed by atoms with Crippen molar-refractivity contribution in [1.29, 1.82) is 0 Å². The van der Waals surface area contributed by atoms with E-state index in [1.807, 2.05) is 48.5 Å². The lowest BCUT2D eigenvalue weighted by Crippen LogP contribution is -2.14. The Balaban J connectivity index is 1.61. The SMILES string of the molecule is COc1ccccc1CNCc1ccccc1OCc1ccc(Cl)c(Cl)c1. The second-order valence-electron chi connectivity index (χ2n) is 6.06. The van der Waals surface area contributed by atoms with Crippen molar-refractivity contribution in [3.8, 4) is 11.5 Å². The van der Waals surface area contributed by atoms with Gasteiger partial charge in [-0.15, -0.1) is 0 Å². The fraction of sp³-hybridized carbons (Fsp3) is 0.182. The van der Waals surface area contributed by atoms with E-state index in [9.17, 15) is 0 Å². The van der Waals surface area contributed by atoms with E-state index in [2.05, 4.69) is 17.4 Å². The molecule has 3 rings (SSSR count). The van der Waals surface area contributed by atoms with Gasteiger partial charge in [-0.1, -0.05) is 65.7 Å². The third kappa shape index (κ3) is 5.39. The molecule has 0 amide bonds. The summed E-state index contributed by atoms with van der Waals surface area (Å²) in [7, 11) is 1.69. The third-order valence-electron chi connectivity index (χ3n) is 4.17. The first-order valence-electron chi connectivity index (χ1n) is 8.64. The molecule has 0 fully saturated rings. The van der Waals surface area contributed by atoms with Gasteiger partial charge in [-0.2, -0.15) is 0 Å². The van der Waals surface area contributed by atoms with E-state index in [0.717, 1.165) is 28.2 Å². The van der Waals surface area contributed by atoms with Crippen LogP contribution in [-0.2, 0) is 19.7 Å². The summed E-state index contributed by atoms with van der Waals surface area (Å²) in [5, 5.41) is 4.52. The number of para-hydroxylation sites is 2. The van der Waals surface area contributed by atoms with Gasteiger partial charge in [0.1, 0.15) is 18.1 Å². The van der Waals surface area contributed by atoms with E-state index in [1.165, 1.54) is 0 Å². The predicted octanol–water partition coefficient (Wildman–Crippen LogP) is 5.87. The molecule has 0 aromatic heterocycles. The molecule has 0 radical (unpaired) electrons. The summed E-state index contributed by atoms with van der Waals surface area (Å²) < 4.78 is 11.4. The average Bonchev–Trinajstić information content (AvgIpc) is 2.70. The number of methoxy groups -OCH3 is 1. The van der Waals surface area contributed by atoms with Crippen LogP contribution in [0.15, 0.2) is 66.7 Å². The second kappa shape index (κ2) is 9.65. The number of halogens is 2. The maximum absolute atomic E-state index is 6.07. The molecule has 0 aliphatic carbocycles. The highest BCUT2D eigenvalue weighted by Gasteiger charge is 2.06. The molecule has 3 aromatic carbocycles. The van der Waals surface area contributed by atoms with Gasteiger partial charge in [0.2, 0.25) is 0 Å². The molecule has 0 bridgehead atoms. The first kappa shape index (κ1) is 19.6. The maximum atomic E-state index is 6.07. The number of ether oxygens (including phenoxy) is 2. The van der Waals surface area contributed by atoms with Crippen LogP contribution in [0.25, 0.3) is 0 Å². The fourth-order valence-corrected chi connectivity index (χ4v) is 3.08. The Morgan fingerprint density at radius 2 is 1.41 bits per heavy atom. The second-order valence-corrected chi connectivity index (χ2v) is 6.87. The Morgan fingerprint density at radius 1 is 0.778 bits per heavy atom. The van der Waals surface area contributed by atoms with Crippen molar-refractivity contribution in [1.82, 2.24) is 5.32 Å². The van der Waals surface area contributed by atoms with Crippen LogP contribution >= 0.6 is 23.2 Å². The first-order valence-corrected chi connectivity index (χ1v) is 9.40. The van der Waals surface area contributed by atoms with E-state index in [4.69, 9.17) is 32.7 Å². The van der Waals surface area contributed by atoms with Crippen LogP contribution < -0.4 is 14.8 Å². The molecule has 3 aromatic rings. The summed E-state index contributed by atoms with van der Waals surface area (Å²) in [6, 6.07) is 21.5. The Kier molecular flexibility index (Phi) is 6.99. The lowest BCUT2D eigenvalue weighted by molar-refractivity contribution is 0.302. The van der Waals surface area contributed by atoms with E-state index >= 15 is 0 Å². The molecule has 0 aliphatic rings. The molecule has 1 N–H and O–H groups in total. The predicted molar refractivity (Wildman–Crippen MR) is 111 cm³/mol. The van der Waals surface area contributed by atoms with Gasteiger partial charge >= 0.3 is 0 Å². The first-order chi connectivity index (χ1) is 13.2. The minimum atomic E-state index is 0.431. The zero-order chi connectivity index (χ0) is 19.1. The van der Waals surface area contributed by atoms with Crippen LogP contribution in [0.5, 0.6) is 11.5 Å². The highest BCUT2D eigenvalue weighted by atomic mass is 35.5. The van der Waals surface area contributed by atoms with Gasteiger partial charge in [-0.05, 0) is 29.8 Å². The molecule has 0 unspecified atom stereocenters. The summed E-state index contributed by atoms with van der Waals surface area (Å²) >= 11 is 12.0. The van der Waals surface area contributed by atoms with Gasteiger partial charge < -0.3 is 14.8 Å². The molecule has 0 spiro atoms. The lowest BCUT2D eigenvalue weighted by Gasteiger charge is -2.13. The zero-order valence-electron chi connectivity index (χ0n) is 15.0. The van der Waals surface area contributed by atoms with Crippen molar-refractivity contribution in [2.75, 3.05) is 7.11 Å². The summed E-state index contributed by atoms with van der Waals surface area (Å²) in [4.78, 5) is 0. The Morgan fingerprint density at radius 3 is 2.07 bits per heavy atom. The number of hydrogen-bond acceptors (Lipinski definition) is 3. The number of benzene rings is 3. The van der Waals surface area contributed by atoms with Crippen molar-refractivity contribution in [3.63, 3.8) is 0 Å². The van der Waals surface area contributed by atoms with Crippen molar-refractivity contribution < 1.29 is 9.47 Å². The third-order valence-corrected chi connectivity index (χ3v) is 4.91. The average molecular weight is 402 g/mol. The standard InChI is InChI=1S/C22H21Cl2NO2/c1-26-21-8-4-2-6-17(21)13-25-14-18-7-3-5-9-22(18)27-15-16-10-11-19(23)20(24)12-16/h2-12,25H,13-15H2,1H3. The van der Waals surface area contributed by atoms with Gasteiger partial charge in [0.15, 0.2) is 0 Å². The quantitative estimate of drug-likeness (QED) is 0.511. The van der Waals surface area contributed by atoms with E-state index < -0.39 is 0 Å². The largest absolute Gasteiger partial charge is 0.496 e. The fourth-order valence-electron chi connectivity index (χ4n) is 2.76. The Bertz CT molecular complexity index is 899. The molecular weight excluding hydrogens is 381 g/mol. The molecule has 3 nitrogen and oxygen atoms in total. The van der Waals surface area contributed by atoms with Crippen LogP contribution in [0, 0.1) is 0 Å². The van der Waals surface area contributed by atoms with Gasteiger partial charge in [-0.3, -0.25) is 0 Å². The topological polar surface area (TPSA) is 30.5 Å². The smallest absolute Gasteiger partial charge is 0.124 e. The highest BCUT2D eigenvalue weighted by Crippen LogP contribution is 2.25. The lowest BCUT2D eigenvalue weighted by atomic mass is 10.1. The number of nitrogens with one attached hydrogen (secondary N) is 1. The van der Waals surface area contributed by atoms with Crippen LogP contribution in [0.3, 0.4) is 0 Å². The molecule has 0 heterocycles. The van der Waals surface area contributed by atoms with Crippen LogP contribution in [0.2, 0.25) is 10.0 Å². The van der Waals surface area contributed by atoms with Crippen LogP contribution in [0.4, 0.5) is 0 Å². The van der Waals surface area contributed by atoms with Gasteiger partial charge in [0.05, 0.1) is 17.2 Å². The summed E-state index contributed by atoms with van der Waals surface area (Å²) in [5.74, 6) is 1.73. The summed E-state index contributed by atoms with van der Waals surface area (Å²) in [6.45, 7) is 1.83. The van der Waals surface area contributed by atoms with Gasteiger partial charge in [-0.25, -0.2) is 0 Å². The van der Waals surface area contributed by atoms with Crippen molar-refractivity contribution in [2.24, 2.45) is 0 Å². The van der Waals surface area contributed by atoms with Gasteiger partial charge in [0, 0.05) is 24.2 Å². The summed E-state index contributed by atoms with van der Waals surface area (Å²) in [5.41, 5.74) is 3.18. The Hall–Kier alpha value is -2.20. The van der Waals surface area contributed by atoms with Crippen LogP contribution in [-0.4, -0.2) is 7.11 Å². The summed E-state index contributed by atoms with van der Waals surface area (Å²) in [6.07, 6.45) is 0. The van der Waals surface area contributed by atoms with Gasteiger partial charge in [0.25, 0.3) is 0 Å². The number of rotatable bonds is 8. The molecule has 0 saturated carbocycles. The molecule has 0 aliphatic heterocycles. The minimum Gasteiger partial charge on any atom is -0.496 e. The van der Waals surface area contributed by atoms with Crippen molar-refractivity contribution >= 4 is 23.2 Å². The van der Waals surface area contributed by atoms with E-state index in [-0.39, 0.29) is 0 Å². The van der Waals surface area contributed by atoms with E-state index in [1.54, 1.807) is 13.2 Å². The molecule has 0 saturated heterocycles. The number of hydrogen-bond donors (Lipinski definition) is 1. The molecule has 27 heavy (non-hydrogen) atoms. The normalized spacial score (nSPS) is 10.6.